The van der Waals surface area contributed by atoms with E-state index in [1.54, 1.807) is 6.20 Å². The first-order chi connectivity index (χ1) is 15.7. The van der Waals surface area contributed by atoms with Crippen molar-refractivity contribution in [2.75, 3.05) is 0 Å². The van der Waals surface area contributed by atoms with Gasteiger partial charge in [0, 0.05) is 17.0 Å². The summed E-state index contributed by atoms with van der Waals surface area (Å²) in [6.45, 7) is 10.8. The van der Waals surface area contributed by atoms with Crippen LogP contribution in [0.3, 0.4) is 0 Å². The summed E-state index contributed by atoms with van der Waals surface area (Å²) in [4.78, 5) is 28.8. The zero-order chi connectivity index (χ0) is 23.2. The van der Waals surface area contributed by atoms with Crippen LogP contribution in [0.2, 0.25) is 0 Å². The highest BCUT2D eigenvalue weighted by Gasteiger charge is 2.74. The molecule has 2 unspecified atom stereocenters. The van der Waals surface area contributed by atoms with Crippen LogP contribution in [0.25, 0.3) is 21.9 Å². The Bertz CT molecular complexity index is 1490. The van der Waals surface area contributed by atoms with Crippen molar-refractivity contribution < 1.29 is 9.53 Å². The summed E-state index contributed by atoms with van der Waals surface area (Å²) >= 11 is 0. The van der Waals surface area contributed by atoms with Crippen LogP contribution in [0.15, 0.2) is 48.7 Å². The van der Waals surface area contributed by atoms with E-state index in [9.17, 15) is 4.79 Å². The van der Waals surface area contributed by atoms with Crippen molar-refractivity contribution >= 4 is 27.9 Å². The normalized spacial score (nSPS) is 24.9. The monoisotopic (exact) mass is 437 g/mol. The van der Waals surface area contributed by atoms with Crippen LogP contribution >= 0.6 is 0 Å². The van der Waals surface area contributed by atoms with Crippen molar-refractivity contribution in [3.8, 4) is 5.75 Å². The molecule has 4 aromatic rings. The minimum Gasteiger partial charge on any atom is -0.423 e. The second-order valence-electron chi connectivity index (χ2n) is 10.4. The fraction of sp³-hybridized carbons (Fsp3) is 0.357. The van der Waals surface area contributed by atoms with Gasteiger partial charge >= 0.3 is 5.97 Å². The number of ether oxygens (including phenoxy) is 1. The Morgan fingerprint density at radius 1 is 0.909 bits per heavy atom. The van der Waals surface area contributed by atoms with E-state index in [2.05, 4.69) is 51.7 Å². The number of hydrogen-bond acceptors (Lipinski definition) is 5. The molecule has 5 heteroatoms. The molecule has 2 aromatic heterocycles. The van der Waals surface area contributed by atoms with Gasteiger partial charge in [0.15, 0.2) is 5.75 Å². The number of pyridine rings is 1. The van der Waals surface area contributed by atoms with Gasteiger partial charge in [-0.25, -0.2) is 9.97 Å². The van der Waals surface area contributed by atoms with E-state index < -0.39 is 5.41 Å². The van der Waals surface area contributed by atoms with Crippen molar-refractivity contribution in [2.45, 2.75) is 58.3 Å². The summed E-state index contributed by atoms with van der Waals surface area (Å²) < 4.78 is 6.16. The van der Waals surface area contributed by atoms with Gasteiger partial charge in [0.25, 0.3) is 0 Å². The molecular weight excluding hydrogens is 410 g/mol. The molecule has 0 aliphatic heterocycles. The quantitative estimate of drug-likeness (QED) is 0.296. The molecule has 1 saturated carbocycles. The minimum absolute atomic E-state index is 0.252. The van der Waals surface area contributed by atoms with Gasteiger partial charge in [-0.3, -0.25) is 9.78 Å². The van der Waals surface area contributed by atoms with E-state index >= 15 is 0 Å². The molecule has 2 heterocycles. The van der Waals surface area contributed by atoms with Crippen molar-refractivity contribution in [3.63, 3.8) is 0 Å². The van der Waals surface area contributed by atoms with Crippen molar-refractivity contribution in [1.82, 2.24) is 15.0 Å². The molecule has 33 heavy (non-hydrogen) atoms. The number of carbonyl (C=O) groups excluding carboxylic acids is 1. The molecule has 0 amide bonds. The highest BCUT2D eigenvalue weighted by Crippen LogP contribution is 2.70. The van der Waals surface area contributed by atoms with E-state index in [1.807, 2.05) is 30.3 Å². The van der Waals surface area contributed by atoms with E-state index in [1.165, 1.54) is 11.1 Å². The van der Waals surface area contributed by atoms with Gasteiger partial charge in [0.2, 0.25) is 0 Å². The molecule has 2 bridgehead atoms. The lowest BCUT2D eigenvalue weighted by Gasteiger charge is -2.38. The second kappa shape index (κ2) is 6.37. The Labute approximate surface area is 193 Å². The van der Waals surface area contributed by atoms with Gasteiger partial charge in [-0.05, 0) is 67.5 Å². The molecule has 2 atom stereocenters. The molecule has 6 rings (SSSR count). The molecule has 0 spiro atoms. The maximum absolute atomic E-state index is 14.1. The topological polar surface area (TPSA) is 65.0 Å². The molecule has 1 fully saturated rings. The zero-order valence-corrected chi connectivity index (χ0v) is 19.7. The first kappa shape index (κ1) is 20.3. The first-order valence-corrected chi connectivity index (χ1v) is 11.5. The van der Waals surface area contributed by atoms with E-state index in [0.717, 1.165) is 34.2 Å². The Morgan fingerprint density at radius 2 is 1.58 bits per heavy atom. The lowest BCUT2D eigenvalue weighted by atomic mass is 9.64. The number of aromatic nitrogens is 3. The molecule has 2 aliphatic carbocycles. The summed E-state index contributed by atoms with van der Waals surface area (Å²) in [5.41, 5.74) is 5.03. The summed E-state index contributed by atoms with van der Waals surface area (Å²) in [5.74, 6) is 0.233. The summed E-state index contributed by atoms with van der Waals surface area (Å²) in [7, 11) is 0. The molecule has 0 N–H and O–H groups in total. The second-order valence-corrected chi connectivity index (χ2v) is 10.4. The van der Waals surface area contributed by atoms with Crippen LogP contribution in [0.1, 0.15) is 56.1 Å². The van der Waals surface area contributed by atoms with Gasteiger partial charge in [-0.1, -0.05) is 39.0 Å². The van der Waals surface area contributed by atoms with E-state index in [0.29, 0.717) is 17.7 Å². The van der Waals surface area contributed by atoms with Gasteiger partial charge in [-0.2, -0.15) is 0 Å². The Balaban J connectivity index is 1.55. The molecule has 0 radical (unpaired) electrons. The molecule has 5 nitrogen and oxygen atoms in total. The lowest BCUT2D eigenvalue weighted by molar-refractivity contribution is -0.145. The van der Waals surface area contributed by atoms with Gasteiger partial charge in [0.05, 0.1) is 22.4 Å². The third-order valence-electron chi connectivity index (χ3n) is 8.80. The number of para-hydroxylation sites is 1. The standard InChI is InChI=1S/C28H27N3O2/c1-16-14-19-20(15-17(16)2)31-24-23(30-19)27(5)11-12-28(24,26(27,3)4)25(32)33-21-10-6-8-18-9-7-13-29-22(18)21/h6-10,13-15H,11-12H2,1-5H3. The number of esters is 1. The SMILES string of the molecule is Cc1cc2nc3c(nc2cc1C)C1(C(=O)Oc2cccc4cccnc24)CCC3(C)C1(C)C. The molecule has 2 aromatic carbocycles. The van der Waals surface area contributed by atoms with E-state index in [-0.39, 0.29) is 16.8 Å². The molecular formula is C28H27N3O2. The maximum atomic E-state index is 14.1. The van der Waals surface area contributed by atoms with Crippen molar-refractivity contribution in [2.24, 2.45) is 5.41 Å². The Hall–Kier alpha value is -3.34. The van der Waals surface area contributed by atoms with Crippen LogP contribution in [0, 0.1) is 19.3 Å². The number of nitrogens with zero attached hydrogens (tertiary/aromatic N) is 3. The van der Waals surface area contributed by atoms with E-state index in [4.69, 9.17) is 14.7 Å². The van der Waals surface area contributed by atoms with Gasteiger partial charge in [0.1, 0.15) is 10.9 Å². The number of hydrogen-bond donors (Lipinski definition) is 0. The Kier molecular flexibility index (Phi) is 3.92. The molecule has 166 valence electrons. The Morgan fingerprint density at radius 3 is 2.30 bits per heavy atom. The fourth-order valence-corrected chi connectivity index (χ4v) is 6.16. The molecule has 2 aliphatic rings. The largest absolute Gasteiger partial charge is 0.423 e. The highest BCUT2D eigenvalue weighted by molar-refractivity contribution is 5.93. The van der Waals surface area contributed by atoms with Crippen LogP contribution in [-0.4, -0.2) is 20.9 Å². The maximum Gasteiger partial charge on any atom is 0.324 e. The number of benzene rings is 2. The number of carbonyl (C=O) groups is 1. The van der Waals surface area contributed by atoms with Crippen LogP contribution in [0.5, 0.6) is 5.75 Å². The van der Waals surface area contributed by atoms with Crippen LogP contribution < -0.4 is 4.74 Å². The number of rotatable bonds is 2. The summed E-state index contributed by atoms with van der Waals surface area (Å²) in [6.07, 6.45) is 3.30. The highest BCUT2D eigenvalue weighted by atomic mass is 16.5. The van der Waals surface area contributed by atoms with Gasteiger partial charge in [-0.15, -0.1) is 0 Å². The zero-order valence-electron chi connectivity index (χ0n) is 19.7. The number of fused-ring (bicyclic) bond motifs is 7. The van der Waals surface area contributed by atoms with Crippen molar-refractivity contribution in [1.29, 1.82) is 0 Å². The number of aryl methyl sites for hydroxylation is 2. The smallest absolute Gasteiger partial charge is 0.324 e. The molecule has 0 saturated heterocycles. The third kappa shape index (κ3) is 2.37. The van der Waals surface area contributed by atoms with Gasteiger partial charge < -0.3 is 4.74 Å². The third-order valence-corrected chi connectivity index (χ3v) is 8.80. The van der Waals surface area contributed by atoms with Crippen LogP contribution in [-0.2, 0) is 15.6 Å². The fourth-order valence-electron chi connectivity index (χ4n) is 6.16. The van der Waals surface area contributed by atoms with Crippen molar-refractivity contribution in [3.05, 3.63) is 71.2 Å². The summed E-state index contributed by atoms with van der Waals surface area (Å²) in [5, 5.41) is 0.944. The predicted molar refractivity (Wildman–Crippen MR) is 128 cm³/mol. The predicted octanol–water partition coefficient (Wildman–Crippen LogP) is 5.73. The van der Waals surface area contributed by atoms with Crippen LogP contribution in [0.4, 0.5) is 0 Å². The average molecular weight is 438 g/mol. The average Bonchev–Trinajstić information content (AvgIpc) is 3.08. The first-order valence-electron chi connectivity index (χ1n) is 11.5. The lowest BCUT2D eigenvalue weighted by Crippen LogP contribution is -2.48. The summed E-state index contributed by atoms with van der Waals surface area (Å²) in [6, 6.07) is 13.7. The minimum atomic E-state index is -0.853.